The maximum absolute atomic E-state index is 9.44. The summed E-state index contributed by atoms with van der Waals surface area (Å²) in [6.45, 7) is 3.06. The molecule has 2 nitrogen and oxygen atoms in total. The molecule has 0 N–H and O–H groups in total. The molecule has 2 aromatic rings. The molecule has 0 spiro atoms. The van der Waals surface area contributed by atoms with Crippen LogP contribution in [0.3, 0.4) is 0 Å². The van der Waals surface area contributed by atoms with E-state index < -0.39 is 0 Å². The highest BCUT2D eigenvalue weighted by atomic mass is 35.5. The van der Waals surface area contributed by atoms with Crippen molar-refractivity contribution < 1.29 is 9.50 Å². The molecule has 16 heavy (non-hydrogen) atoms. The Kier molecular flexibility index (Phi) is 9.31. The summed E-state index contributed by atoms with van der Waals surface area (Å²) in [5.74, 6) is 0.167. The summed E-state index contributed by atoms with van der Waals surface area (Å²) in [7, 11) is 0. The minimum absolute atomic E-state index is 0. The van der Waals surface area contributed by atoms with E-state index in [0.29, 0.717) is 0 Å². The predicted molar refractivity (Wildman–Crippen MR) is 67.8 cm³/mol. The molecule has 0 unspecified atom stereocenters. The Hall–Kier alpha value is -1.48. The van der Waals surface area contributed by atoms with Gasteiger partial charge in [-0.1, -0.05) is 24.3 Å². The monoisotopic (exact) mass is 243 g/mol. The van der Waals surface area contributed by atoms with Crippen LogP contribution in [0.1, 0.15) is 13.8 Å². The number of fused-ring (bicyclic) bond motifs is 1. The van der Waals surface area contributed by atoms with Crippen molar-refractivity contribution in [2.24, 2.45) is 0 Å². The zero-order chi connectivity index (χ0) is 10.4. The van der Waals surface area contributed by atoms with Gasteiger partial charge in [-0.25, -0.2) is 0 Å². The first-order valence-electron chi connectivity index (χ1n) is 4.47. The second-order valence-electron chi connectivity index (χ2n) is 3.10. The molecule has 0 atom stereocenters. The molecule has 0 aliphatic rings. The maximum atomic E-state index is 9.44. The van der Waals surface area contributed by atoms with Gasteiger partial charge in [0.1, 0.15) is 5.78 Å². The molecule has 2 rings (SSSR count). The molecule has 1 aromatic carbocycles. The fourth-order valence-corrected chi connectivity index (χ4v) is 1.02. The highest BCUT2D eigenvalue weighted by molar-refractivity contribution is 5.85. The van der Waals surface area contributed by atoms with Gasteiger partial charge in [0.2, 0.25) is 0 Å². The fraction of sp³-hybridized carbons (Fsp3) is 0.167. The third-order valence-corrected chi connectivity index (χ3v) is 1.51. The second-order valence-corrected chi connectivity index (χ2v) is 3.10. The lowest BCUT2D eigenvalue weighted by atomic mass is 10.2. The van der Waals surface area contributed by atoms with Crippen molar-refractivity contribution in [3.05, 3.63) is 42.6 Å². The maximum Gasteiger partial charge on any atom is 0.126 e. The average molecular weight is 244 g/mol. The zero-order valence-electron chi connectivity index (χ0n) is 9.21. The number of nitrogens with zero attached hydrogens (tertiary/aromatic N) is 1. The van der Waals surface area contributed by atoms with E-state index in [1.165, 1.54) is 19.2 Å². The summed E-state index contributed by atoms with van der Waals surface area (Å²) in [5.41, 5.74) is 1.06. The van der Waals surface area contributed by atoms with E-state index in [-0.39, 0.29) is 22.9 Å². The van der Waals surface area contributed by atoms with Crippen LogP contribution < -0.4 is 0 Å². The van der Waals surface area contributed by atoms with Gasteiger partial charge < -0.3 is 4.79 Å². The number of Topliss-reactive ketones (excluding diaryl/α,β-unsaturated/α-hetero) is 1. The Balaban J connectivity index is 0. The molecule has 0 saturated heterocycles. The van der Waals surface area contributed by atoms with Crippen molar-refractivity contribution in [2.75, 3.05) is 0 Å². The Morgan fingerprint density at radius 1 is 1.06 bits per heavy atom. The summed E-state index contributed by atoms with van der Waals surface area (Å²) in [6.07, 6.45) is 1.81. The van der Waals surface area contributed by atoms with Crippen molar-refractivity contribution in [2.45, 2.75) is 13.8 Å². The number of benzene rings is 1. The van der Waals surface area contributed by atoms with Crippen molar-refractivity contribution in [3.63, 3.8) is 0 Å². The summed E-state index contributed by atoms with van der Waals surface area (Å²) < 4.78 is 0. The van der Waals surface area contributed by atoms with Gasteiger partial charge in [0, 0.05) is 11.6 Å². The number of halogens is 2. The van der Waals surface area contributed by atoms with Crippen LogP contribution in [0, 0.1) is 0 Å². The van der Waals surface area contributed by atoms with Gasteiger partial charge in [0.05, 0.1) is 5.52 Å². The number of carbonyl (C=O) groups is 1. The van der Waals surface area contributed by atoms with Crippen molar-refractivity contribution >= 4 is 29.1 Å². The quantitative estimate of drug-likeness (QED) is 0.710. The lowest BCUT2D eigenvalue weighted by Gasteiger charge is -1.91. The van der Waals surface area contributed by atoms with Gasteiger partial charge >= 0.3 is 0 Å². The van der Waals surface area contributed by atoms with E-state index in [2.05, 4.69) is 17.1 Å². The third-order valence-electron chi connectivity index (χ3n) is 1.51. The first kappa shape index (κ1) is 16.9. The highest BCUT2D eigenvalue weighted by Gasteiger charge is 1.86. The number of rotatable bonds is 0. The van der Waals surface area contributed by atoms with Crippen LogP contribution >= 0.6 is 12.4 Å². The van der Waals surface area contributed by atoms with Gasteiger partial charge in [-0.2, -0.15) is 0 Å². The van der Waals surface area contributed by atoms with Crippen LogP contribution in [-0.2, 0) is 4.79 Å². The minimum atomic E-state index is 0. The fourth-order valence-electron chi connectivity index (χ4n) is 1.02. The molecular weight excluding hydrogens is 229 g/mol. The Morgan fingerprint density at radius 2 is 1.56 bits per heavy atom. The highest BCUT2D eigenvalue weighted by Crippen LogP contribution is 2.07. The molecule has 0 aliphatic carbocycles. The number of ketones is 1. The molecule has 0 bridgehead atoms. The topological polar surface area (TPSA) is 30.0 Å². The van der Waals surface area contributed by atoms with Gasteiger partial charge in [0.25, 0.3) is 0 Å². The van der Waals surface area contributed by atoms with Crippen LogP contribution in [0.2, 0.25) is 0 Å². The smallest absolute Gasteiger partial charge is 0.126 e. The van der Waals surface area contributed by atoms with E-state index >= 15 is 0 Å². The van der Waals surface area contributed by atoms with Crippen LogP contribution in [0.15, 0.2) is 42.6 Å². The molecule has 0 amide bonds. The minimum Gasteiger partial charge on any atom is -0.300 e. The molecule has 0 saturated carbocycles. The second kappa shape index (κ2) is 8.80. The van der Waals surface area contributed by atoms with Crippen LogP contribution in [0.25, 0.3) is 10.9 Å². The number of carbonyl (C=O) groups excluding carboxylic acids is 1. The van der Waals surface area contributed by atoms with Crippen LogP contribution in [0.4, 0.5) is 4.70 Å². The Bertz CT molecular complexity index is 365. The number of hydrogen-bond acceptors (Lipinski definition) is 2. The Morgan fingerprint density at radius 3 is 2.12 bits per heavy atom. The van der Waals surface area contributed by atoms with E-state index in [1.54, 1.807) is 0 Å². The first-order valence-corrected chi connectivity index (χ1v) is 4.47. The average Bonchev–Trinajstić information content (AvgIpc) is 2.17. The summed E-state index contributed by atoms with van der Waals surface area (Å²) in [5, 5.41) is 1.20. The lowest BCUT2D eigenvalue weighted by molar-refractivity contribution is -0.114. The van der Waals surface area contributed by atoms with Crippen LogP contribution in [-0.4, -0.2) is 10.8 Å². The molecule has 4 heteroatoms. The summed E-state index contributed by atoms with van der Waals surface area (Å²) >= 11 is 0. The number of para-hydroxylation sites is 1. The van der Waals surface area contributed by atoms with Gasteiger partial charge in [-0.05, 0) is 26.0 Å². The molecule has 88 valence electrons. The third kappa shape index (κ3) is 6.09. The number of aromatic nitrogens is 1. The normalized spacial score (nSPS) is 7.88. The zero-order valence-corrected chi connectivity index (χ0v) is 10.0. The van der Waals surface area contributed by atoms with Gasteiger partial charge in [-0.15, -0.1) is 12.4 Å². The van der Waals surface area contributed by atoms with Gasteiger partial charge in [-0.3, -0.25) is 9.69 Å². The summed E-state index contributed by atoms with van der Waals surface area (Å²) in [6, 6.07) is 12.1. The van der Waals surface area contributed by atoms with Gasteiger partial charge in [0.15, 0.2) is 0 Å². The van der Waals surface area contributed by atoms with Crippen molar-refractivity contribution in [3.8, 4) is 0 Å². The van der Waals surface area contributed by atoms with E-state index in [9.17, 15) is 4.79 Å². The molecule has 1 heterocycles. The lowest BCUT2D eigenvalue weighted by Crippen LogP contribution is -1.73. The SMILES string of the molecule is CC(C)=O.Cl.F.c1ccc2ncccc2c1. The molecule has 0 fully saturated rings. The molecule has 0 aliphatic heterocycles. The van der Waals surface area contributed by atoms with Crippen molar-refractivity contribution in [1.29, 1.82) is 0 Å². The Labute approximate surface area is 100 Å². The standard InChI is InChI=1S/C9H7N.C3H6O.ClH.FH/c1-2-6-9-8(4-1)5-3-7-10-9;1-3(2)4;;/h1-7H;1-2H3;2*1H. The molecule has 0 radical (unpaired) electrons. The van der Waals surface area contributed by atoms with E-state index in [0.717, 1.165) is 5.52 Å². The van der Waals surface area contributed by atoms with E-state index in [1.807, 2.05) is 30.5 Å². The predicted octanol–water partition coefficient (Wildman–Crippen LogP) is 3.40. The molecular formula is C12H15ClFNO. The van der Waals surface area contributed by atoms with Crippen LogP contribution in [0.5, 0.6) is 0 Å². The number of pyridine rings is 1. The summed E-state index contributed by atoms with van der Waals surface area (Å²) in [4.78, 5) is 13.6. The van der Waals surface area contributed by atoms with E-state index in [4.69, 9.17) is 0 Å². The first-order chi connectivity index (χ1) is 6.70. The molecule has 1 aromatic heterocycles. The number of hydrogen-bond donors (Lipinski definition) is 0. The largest absolute Gasteiger partial charge is 0.300 e. The van der Waals surface area contributed by atoms with Crippen molar-refractivity contribution in [1.82, 2.24) is 4.98 Å².